The number of benzene rings is 1. The zero-order chi connectivity index (χ0) is 18.4. The van der Waals surface area contributed by atoms with Gasteiger partial charge in [-0.2, -0.15) is 0 Å². The lowest BCUT2D eigenvalue weighted by molar-refractivity contribution is -0.118. The number of hydrogen-bond donors (Lipinski definition) is 1. The average molecular weight is 355 g/mol. The van der Waals surface area contributed by atoms with Gasteiger partial charge in [0.2, 0.25) is 6.41 Å². The highest BCUT2D eigenvalue weighted by atomic mass is 16.5. The molecule has 2 heterocycles. The van der Waals surface area contributed by atoms with Gasteiger partial charge in [-0.25, -0.2) is 9.97 Å². The minimum Gasteiger partial charge on any atom is -0.496 e. The number of methoxy groups -OCH3 is 1. The van der Waals surface area contributed by atoms with E-state index in [9.17, 15) is 9.59 Å². The first-order valence-corrected chi connectivity index (χ1v) is 8.37. The normalized spacial score (nSPS) is 14.0. The molecule has 0 unspecified atom stereocenters. The molecule has 1 N–H and O–H groups in total. The van der Waals surface area contributed by atoms with Crippen LogP contribution >= 0.6 is 0 Å². The molecule has 1 aliphatic heterocycles. The third-order valence-electron chi connectivity index (χ3n) is 4.29. The summed E-state index contributed by atoms with van der Waals surface area (Å²) < 4.78 is 5.27. The van der Waals surface area contributed by atoms with E-state index < -0.39 is 0 Å². The van der Waals surface area contributed by atoms with Crippen molar-refractivity contribution in [1.29, 1.82) is 0 Å². The highest BCUT2D eigenvalue weighted by Gasteiger charge is 2.17. The van der Waals surface area contributed by atoms with Gasteiger partial charge in [-0.3, -0.25) is 9.59 Å². The van der Waals surface area contributed by atoms with Crippen LogP contribution in [0.4, 0.5) is 5.82 Å². The second-order valence-corrected chi connectivity index (χ2v) is 5.88. The van der Waals surface area contributed by atoms with E-state index in [2.05, 4.69) is 15.3 Å². The van der Waals surface area contributed by atoms with Crippen LogP contribution < -0.4 is 15.0 Å². The molecule has 1 aromatic carbocycles. The van der Waals surface area contributed by atoms with Crippen LogP contribution in [0.15, 0.2) is 36.7 Å². The highest BCUT2D eigenvalue weighted by Crippen LogP contribution is 2.17. The lowest BCUT2D eigenvalue weighted by atomic mass is 10.2. The zero-order valence-electron chi connectivity index (χ0n) is 14.6. The standard InChI is InChI=1S/C18H21N5O3/c1-26-16-5-3-2-4-14(16)10-21-18(25)15-11-20-17(12-19-15)23-8-6-22(13-24)7-9-23/h2-5,11-13H,6-10H2,1H3,(H,21,25). The van der Waals surface area contributed by atoms with Crippen LogP contribution in [0.25, 0.3) is 0 Å². The molecule has 8 nitrogen and oxygen atoms in total. The summed E-state index contributed by atoms with van der Waals surface area (Å²) in [5, 5.41) is 2.82. The van der Waals surface area contributed by atoms with Crippen LogP contribution in [0.2, 0.25) is 0 Å². The number of hydrogen-bond acceptors (Lipinski definition) is 6. The van der Waals surface area contributed by atoms with Crippen molar-refractivity contribution in [1.82, 2.24) is 20.2 Å². The summed E-state index contributed by atoms with van der Waals surface area (Å²) in [4.78, 5) is 35.3. The minimum absolute atomic E-state index is 0.259. The molecule has 1 saturated heterocycles. The molecule has 1 aromatic heterocycles. The van der Waals surface area contributed by atoms with Gasteiger partial charge in [-0.15, -0.1) is 0 Å². The Morgan fingerprint density at radius 2 is 1.96 bits per heavy atom. The summed E-state index contributed by atoms with van der Waals surface area (Å²) in [6.07, 6.45) is 3.92. The number of piperazine rings is 1. The van der Waals surface area contributed by atoms with Gasteiger partial charge in [0.05, 0.1) is 19.5 Å². The average Bonchev–Trinajstić information content (AvgIpc) is 2.72. The molecule has 2 aromatic rings. The number of nitrogens with one attached hydrogen (secondary N) is 1. The Morgan fingerprint density at radius 3 is 2.62 bits per heavy atom. The molecular formula is C18H21N5O3. The predicted molar refractivity (Wildman–Crippen MR) is 96.0 cm³/mol. The van der Waals surface area contributed by atoms with Gasteiger partial charge in [0, 0.05) is 38.3 Å². The first-order valence-electron chi connectivity index (χ1n) is 8.37. The van der Waals surface area contributed by atoms with Gasteiger partial charge in [-0.05, 0) is 6.07 Å². The molecule has 2 amide bonds. The van der Waals surface area contributed by atoms with Gasteiger partial charge in [0.15, 0.2) is 0 Å². The van der Waals surface area contributed by atoms with Crippen molar-refractivity contribution in [3.63, 3.8) is 0 Å². The Bertz CT molecular complexity index is 758. The molecule has 1 aliphatic rings. The fourth-order valence-corrected chi connectivity index (χ4v) is 2.77. The lowest BCUT2D eigenvalue weighted by Crippen LogP contribution is -2.46. The molecule has 8 heteroatoms. The fraction of sp³-hybridized carbons (Fsp3) is 0.333. The van der Waals surface area contributed by atoms with Crippen molar-refractivity contribution in [2.75, 3.05) is 38.2 Å². The third kappa shape index (κ3) is 4.08. The van der Waals surface area contributed by atoms with E-state index in [-0.39, 0.29) is 11.6 Å². The molecular weight excluding hydrogens is 334 g/mol. The van der Waals surface area contributed by atoms with Gasteiger partial charge in [0.1, 0.15) is 17.3 Å². The monoisotopic (exact) mass is 355 g/mol. The Kier molecular flexibility index (Phi) is 5.62. The van der Waals surface area contributed by atoms with Crippen LogP contribution in [0.3, 0.4) is 0 Å². The Morgan fingerprint density at radius 1 is 1.19 bits per heavy atom. The van der Waals surface area contributed by atoms with Crippen molar-refractivity contribution in [3.8, 4) is 5.75 Å². The van der Waals surface area contributed by atoms with Crippen LogP contribution in [-0.2, 0) is 11.3 Å². The summed E-state index contributed by atoms with van der Waals surface area (Å²) in [6, 6.07) is 7.51. The first-order chi connectivity index (χ1) is 12.7. The van der Waals surface area contributed by atoms with Crippen LogP contribution in [0.1, 0.15) is 16.1 Å². The van der Waals surface area contributed by atoms with Crippen molar-refractivity contribution < 1.29 is 14.3 Å². The van der Waals surface area contributed by atoms with E-state index in [1.807, 2.05) is 29.2 Å². The van der Waals surface area contributed by atoms with E-state index in [1.165, 1.54) is 6.20 Å². The molecule has 0 atom stereocenters. The second kappa shape index (κ2) is 8.28. The molecule has 26 heavy (non-hydrogen) atoms. The van der Waals surface area contributed by atoms with Crippen molar-refractivity contribution in [2.24, 2.45) is 0 Å². The van der Waals surface area contributed by atoms with E-state index in [1.54, 1.807) is 18.2 Å². The number of rotatable bonds is 6. The summed E-state index contributed by atoms with van der Waals surface area (Å²) in [5.74, 6) is 1.14. The van der Waals surface area contributed by atoms with Gasteiger partial charge < -0.3 is 19.9 Å². The number of ether oxygens (including phenoxy) is 1. The minimum atomic E-state index is -0.291. The van der Waals surface area contributed by atoms with E-state index in [0.717, 1.165) is 17.7 Å². The molecule has 0 bridgehead atoms. The zero-order valence-corrected chi connectivity index (χ0v) is 14.6. The molecule has 3 rings (SSSR count). The number of para-hydroxylation sites is 1. The van der Waals surface area contributed by atoms with E-state index in [0.29, 0.717) is 38.5 Å². The summed E-state index contributed by atoms with van der Waals surface area (Å²) in [5.41, 5.74) is 1.15. The van der Waals surface area contributed by atoms with E-state index >= 15 is 0 Å². The Balaban J connectivity index is 1.58. The molecule has 0 spiro atoms. The Hall–Kier alpha value is -3.16. The SMILES string of the molecule is COc1ccccc1CNC(=O)c1cnc(N2CCN(C=O)CC2)cn1. The van der Waals surface area contributed by atoms with Crippen LogP contribution in [0, 0.1) is 0 Å². The number of aromatic nitrogens is 2. The molecule has 1 fully saturated rings. The summed E-state index contributed by atoms with van der Waals surface area (Å²) >= 11 is 0. The Labute approximate surface area is 151 Å². The fourth-order valence-electron chi connectivity index (χ4n) is 2.77. The predicted octanol–water partition coefficient (Wildman–Crippen LogP) is 0.694. The van der Waals surface area contributed by atoms with Crippen molar-refractivity contribution in [2.45, 2.75) is 6.54 Å². The maximum atomic E-state index is 12.3. The van der Waals surface area contributed by atoms with Crippen LogP contribution in [0.5, 0.6) is 5.75 Å². The largest absolute Gasteiger partial charge is 0.496 e. The first kappa shape index (κ1) is 17.7. The number of carbonyl (C=O) groups is 2. The van der Waals surface area contributed by atoms with Crippen molar-refractivity contribution in [3.05, 3.63) is 47.9 Å². The third-order valence-corrected chi connectivity index (χ3v) is 4.29. The highest BCUT2D eigenvalue weighted by molar-refractivity contribution is 5.92. The smallest absolute Gasteiger partial charge is 0.271 e. The quantitative estimate of drug-likeness (QED) is 0.768. The molecule has 0 radical (unpaired) electrons. The van der Waals surface area contributed by atoms with Gasteiger partial charge in [-0.1, -0.05) is 18.2 Å². The maximum absolute atomic E-state index is 12.3. The maximum Gasteiger partial charge on any atom is 0.271 e. The summed E-state index contributed by atoms with van der Waals surface area (Å²) in [6.45, 7) is 3.07. The lowest BCUT2D eigenvalue weighted by Gasteiger charge is -2.33. The molecule has 136 valence electrons. The number of amides is 2. The number of nitrogens with zero attached hydrogens (tertiary/aromatic N) is 4. The number of anilines is 1. The molecule has 0 aliphatic carbocycles. The number of carbonyl (C=O) groups excluding carboxylic acids is 2. The van der Waals surface area contributed by atoms with E-state index in [4.69, 9.17) is 4.74 Å². The topological polar surface area (TPSA) is 87.7 Å². The van der Waals surface area contributed by atoms with Gasteiger partial charge >= 0.3 is 0 Å². The van der Waals surface area contributed by atoms with Gasteiger partial charge in [0.25, 0.3) is 5.91 Å². The second-order valence-electron chi connectivity index (χ2n) is 5.88. The van der Waals surface area contributed by atoms with Crippen molar-refractivity contribution >= 4 is 18.1 Å². The van der Waals surface area contributed by atoms with Crippen LogP contribution in [-0.4, -0.2) is 60.5 Å². The summed E-state index contributed by atoms with van der Waals surface area (Å²) in [7, 11) is 1.60. The molecule has 0 saturated carbocycles.